The van der Waals surface area contributed by atoms with Gasteiger partial charge in [0.2, 0.25) is 11.8 Å². The number of amides is 3. The van der Waals surface area contributed by atoms with Crippen LogP contribution in [0.1, 0.15) is 56.5 Å². The second-order valence-electron chi connectivity index (χ2n) is 10.3. The zero-order chi connectivity index (χ0) is 26.0. The zero-order valence-corrected chi connectivity index (χ0v) is 21.2. The maximum atomic E-state index is 13.4. The fourth-order valence-electron chi connectivity index (χ4n) is 4.58. The van der Waals surface area contributed by atoms with Crippen molar-refractivity contribution in [2.24, 2.45) is 0 Å². The molecule has 1 aliphatic rings. The monoisotopic (exact) mass is 489 g/mol. The first-order valence-electron chi connectivity index (χ1n) is 12.2. The van der Waals surface area contributed by atoms with Crippen LogP contribution >= 0.6 is 0 Å². The first-order chi connectivity index (χ1) is 17.0. The highest BCUT2D eigenvalue weighted by atomic mass is 19.1. The number of nitrogens with zero attached hydrogens (tertiary/aromatic N) is 2. The molecule has 0 radical (unpaired) electrons. The van der Waals surface area contributed by atoms with Crippen molar-refractivity contribution in [2.75, 3.05) is 11.4 Å². The van der Waals surface area contributed by atoms with Crippen LogP contribution < -0.4 is 10.2 Å². The van der Waals surface area contributed by atoms with E-state index in [2.05, 4.69) is 5.32 Å². The Morgan fingerprint density at radius 1 is 1.03 bits per heavy atom. The Labute approximate surface area is 211 Å². The molecule has 1 atom stereocenters. The second-order valence-corrected chi connectivity index (χ2v) is 10.3. The highest BCUT2D eigenvalue weighted by molar-refractivity contribution is 6.25. The Kier molecular flexibility index (Phi) is 7.11. The van der Waals surface area contributed by atoms with Crippen molar-refractivity contribution in [3.05, 3.63) is 77.6 Å². The molecule has 6 nitrogen and oxygen atoms in total. The highest BCUT2D eigenvalue weighted by Crippen LogP contribution is 2.37. The lowest BCUT2D eigenvalue weighted by Crippen LogP contribution is -2.52. The fraction of sp³-hybridized carbons (Fsp3) is 0.345. The molecule has 0 saturated carbocycles. The molecule has 0 fully saturated rings. The summed E-state index contributed by atoms with van der Waals surface area (Å²) in [5.74, 6) is -0.871. The van der Waals surface area contributed by atoms with Crippen LogP contribution in [0.2, 0.25) is 0 Å². The van der Waals surface area contributed by atoms with Crippen LogP contribution in [0, 0.1) is 5.82 Å². The summed E-state index contributed by atoms with van der Waals surface area (Å²) in [5, 5.41) is 4.89. The Bertz CT molecular complexity index is 1290. The summed E-state index contributed by atoms with van der Waals surface area (Å²) in [6, 6.07) is 16.7. The van der Waals surface area contributed by atoms with E-state index in [0.29, 0.717) is 18.5 Å². The molecule has 188 valence electrons. The van der Waals surface area contributed by atoms with E-state index >= 15 is 0 Å². The fourth-order valence-corrected chi connectivity index (χ4v) is 4.58. The summed E-state index contributed by atoms with van der Waals surface area (Å²) < 4.78 is 13.4. The van der Waals surface area contributed by atoms with Gasteiger partial charge in [-0.05, 0) is 69.3 Å². The van der Waals surface area contributed by atoms with Gasteiger partial charge in [0, 0.05) is 36.0 Å². The lowest BCUT2D eigenvalue weighted by Gasteiger charge is -2.31. The van der Waals surface area contributed by atoms with Crippen LogP contribution in [0.3, 0.4) is 0 Å². The summed E-state index contributed by atoms with van der Waals surface area (Å²) in [5.41, 5.74) is 1.83. The average Bonchev–Trinajstić information content (AvgIpc) is 3.10. The second kappa shape index (κ2) is 10.1. The van der Waals surface area contributed by atoms with Gasteiger partial charge in [-0.2, -0.15) is 0 Å². The topological polar surface area (TPSA) is 69.7 Å². The average molecular weight is 490 g/mol. The number of halogens is 1. The molecule has 0 unspecified atom stereocenters. The van der Waals surface area contributed by atoms with Crippen LogP contribution in [0.15, 0.2) is 60.7 Å². The van der Waals surface area contributed by atoms with Crippen molar-refractivity contribution in [3.63, 3.8) is 0 Å². The first-order valence-corrected chi connectivity index (χ1v) is 12.2. The molecular formula is C29H32FN3O3. The lowest BCUT2D eigenvalue weighted by molar-refractivity contribution is -0.141. The van der Waals surface area contributed by atoms with Crippen molar-refractivity contribution in [2.45, 2.75) is 58.7 Å². The van der Waals surface area contributed by atoms with Crippen molar-refractivity contribution < 1.29 is 18.8 Å². The molecule has 0 aromatic heterocycles. The standard InChI is InChI=1S/C29H32FN3O3/c1-19(27(35)31-29(2,3)4)33(18-20-13-15-22(30)16-14-20)25(34)12-7-17-32-24-11-6-9-21-8-5-10-23(26(21)24)28(32)36/h5-6,8-11,13-16,19H,7,12,17-18H2,1-4H3,(H,31,35)/t19-/m0/s1. The maximum absolute atomic E-state index is 13.4. The third-order valence-electron chi connectivity index (χ3n) is 6.35. The predicted octanol–water partition coefficient (Wildman–Crippen LogP) is 5.05. The number of carbonyl (C=O) groups is 3. The van der Waals surface area contributed by atoms with Gasteiger partial charge >= 0.3 is 0 Å². The summed E-state index contributed by atoms with van der Waals surface area (Å²) in [7, 11) is 0. The highest BCUT2D eigenvalue weighted by Gasteiger charge is 2.31. The molecule has 1 aliphatic heterocycles. The molecule has 3 aromatic carbocycles. The number of nitrogens with one attached hydrogen (secondary N) is 1. The third-order valence-corrected chi connectivity index (χ3v) is 6.35. The number of hydrogen-bond donors (Lipinski definition) is 1. The van der Waals surface area contributed by atoms with E-state index in [1.807, 2.05) is 57.2 Å². The van der Waals surface area contributed by atoms with Crippen molar-refractivity contribution in [1.29, 1.82) is 0 Å². The molecule has 7 heteroatoms. The molecule has 0 spiro atoms. The smallest absolute Gasteiger partial charge is 0.258 e. The van der Waals surface area contributed by atoms with Gasteiger partial charge in [-0.25, -0.2) is 4.39 Å². The van der Waals surface area contributed by atoms with Gasteiger partial charge in [-0.15, -0.1) is 0 Å². The van der Waals surface area contributed by atoms with Gasteiger partial charge < -0.3 is 15.1 Å². The van der Waals surface area contributed by atoms with E-state index < -0.39 is 11.6 Å². The molecule has 0 bridgehead atoms. The summed E-state index contributed by atoms with van der Waals surface area (Å²) in [4.78, 5) is 42.5. The normalized spacial score (nSPS) is 13.7. The molecule has 36 heavy (non-hydrogen) atoms. The number of rotatable bonds is 8. The largest absolute Gasteiger partial charge is 0.350 e. The first kappa shape index (κ1) is 25.4. The van der Waals surface area contributed by atoms with Crippen molar-refractivity contribution in [1.82, 2.24) is 10.2 Å². The minimum absolute atomic E-state index is 0.0599. The van der Waals surface area contributed by atoms with Crippen molar-refractivity contribution >= 4 is 34.2 Å². The zero-order valence-electron chi connectivity index (χ0n) is 21.2. The minimum atomic E-state index is -0.715. The van der Waals surface area contributed by atoms with Gasteiger partial charge in [0.05, 0.1) is 5.69 Å². The maximum Gasteiger partial charge on any atom is 0.258 e. The Morgan fingerprint density at radius 3 is 2.36 bits per heavy atom. The van der Waals surface area contributed by atoms with Crippen LogP contribution in [0.5, 0.6) is 0 Å². The van der Waals surface area contributed by atoms with Crippen LogP contribution in [-0.2, 0) is 16.1 Å². The number of carbonyl (C=O) groups excluding carboxylic acids is 3. The number of anilines is 1. The summed E-state index contributed by atoms with van der Waals surface area (Å²) in [6.45, 7) is 7.93. The van der Waals surface area contributed by atoms with Crippen LogP contribution in [0.25, 0.3) is 10.8 Å². The molecule has 0 saturated heterocycles. The van der Waals surface area contributed by atoms with E-state index in [1.165, 1.54) is 17.0 Å². The van der Waals surface area contributed by atoms with E-state index in [0.717, 1.165) is 22.0 Å². The molecule has 0 aliphatic carbocycles. The van der Waals surface area contributed by atoms with Gasteiger partial charge in [-0.1, -0.05) is 36.4 Å². The molecule has 3 aromatic rings. The SMILES string of the molecule is C[C@@H](C(=O)NC(C)(C)C)N(Cc1ccc(F)cc1)C(=O)CCCN1C(=O)c2cccc3cccc1c23. The van der Waals surface area contributed by atoms with E-state index in [9.17, 15) is 18.8 Å². The predicted molar refractivity (Wildman–Crippen MR) is 139 cm³/mol. The van der Waals surface area contributed by atoms with Crippen LogP contribution in [0.4, 0.5) is 10.1 Å². The quantitative estimate of drug-likeness (QED) is 0.481. The Hall–Kier alpha value is -3.74. The van der Waals surface area contributed by atoms with E-state index in [4.69, 9.17) is 0 Å². The van der Waals surface area contributed by atoms with Gasteiger partial charge in [-0.3, -0.25) is 14.4 Å². The lowest BCUT2D eigenvalue weighted by atomic mass is 10.1. The summed E-state index contributed by atoms with van der Waals surface area (Å²) >= 11 is 0. The van der Waals surface area contributed by atoms with Gasteiger partial charge in [0.15, 0.2) is 0 Å². The van der Waals surface area contributed by atoms with Gasteiger partial charge in [0.1, 0.15) is 11.9 Å². The molecular weight excluding hydrogens is 457 g/mol. The Morgan fingerprint density at radius 2 is 1.69 bits per heavy atom. The molecule has 1 N–H and O–H groups in total. The van der Waals surface area contributed by atoms with E-state index in [1.54, 1.807) is 24.0 Å². The van der Waals surface area contributed by atoms with Crippen LogP contribution in [-0.4, -0.2) is 40.7 Å². The molecule has 3 amide bonds. The van der Waals surface area contributed by atoms with E-state index in [-0.39, 0.29) is 36.5 Å². The minimum Gasteiger partial charge on any atom is -0.350 e. The van der Waals surface area contributed by atoms with Gasteiger partial charge in [0.25, 0.3) is 5.91 Å². The number of benzene rings is 3. The summed E-state index contributed by atoms with van der Waals surface area (Å²) in [6.07, 6.45) is 0.618. The Balaban J connectivity index is 1.47. The third kappa shape index (κ3) is 5.40. The molecule has 4 rings (SSSR count). The number of hydrogen-bond acceptors (Lipinski definition) is 3. The van der Waals surface area contributed by atoms with Crippen molar-refractivity contribution in [3.8, 4) is 0 Å². The molecule has 1 heterocycles.